The lowest BCUT2D eigenvalue weighted by Crippen LogP contribution is -2.45. The van der Waals surface area contributed by atoms with E-state index >= 15 is 0 Å². The number of carbonyl (C=O) groups excluding carboxylic acids is 2. The van der Waals surface area contributed by atoms with Gasteiger partial charge < -0.3 is 24.4 Å². The number of amides is 2. The largest absolute Gasteiger partial charge is 0.497 e. The minimum atomic E-state index is -1.26. The lowest BCUT2D eigenvalue weighted by atomic mass is 9.63. The molecule has 2 aliphatic heterocycles. The van der Waals surface area contributed by atoms with E-state index in [1.807, 2.05) is 71.6 Å². The number of carbonyl (C=O) groups is 2. The second kappa shape index (κ2) is 14.0. The number of rotatable bonds is 11. The second-order valence-corrected chi connectivity index (χ2v) is 14.7. The molecule has 1 N–H and O–H groups in total. The Hall–Kier alpha value is -3.73. The molecule has 4 aromatic carbocycles. The average molecular weight is 759 g/mol. The zero-order valence-electron chi connectivity index (χ0n) is 27.9. The normalized spacial score (nSPS) is 21.8. The molecule has 4 aromatic rings. The third kappa shape index (κ3) is 6.26. The summed E-state index contributed by atoms with van der Waals surface area (Å²) >= 11 is 2.29. The minimum Gasteiger partial charge on any atom is -0.497 e. The van der Waals surface area contributed by atoms with Crippen LogP contribution in [0.5, 0.6) is 5.75 Å². The summed E-state index contributed by atoms with van der Waals surface area (Å²) in [5, 5.41) is 9.93. The van der Waals surface area contributed by atoms with Crippen molar-refractivity contribution in [2.75, 3.05) is 25.2 Å². The van der Waals surface area contributed by atoms with E-state index in [9.17, 15) is 14.7 Å². The zero-order chi connectivity index (χ0) is 34.1. The molecule has 2 heterocycles. The van der Waals surface area contributed by atoms with E-state index in [-0.39, 0.29) is 43.2 Å². The van der Waals surface area contributed by atoms with Crippen LogP contribution < -0.4 is 9.64 Å². The number of methoxy groups -OCH3 is 1. The molecule has 8 heteroatoms. The molecule has 1 saturated heterocycles. The van der Waals surface area contributed by atoms with E-state index in [2.05, 4.69) is 79.8 Å². The maximum absolute atomic E-state index is 14.9. The maximum Gasteiger partial charge on any atom is 0.264 e. The van der Waals surface area contributed by atoms with Gasteiger partial charge in [0.2, 0.25) is 5.91 Å². The summed E-state index contributed by atoms with van der Waals surface area (Å²) in [5.74, 6) is 0.0602. The number of aliphatic hydroxyl groups excluding tert-OH is 1. The highest BCUT2D eigenvalue weighted by atomic mass is 127. The van der Waals surface area contributed by atoms with Gasteiger partial charge in [0, 0.05) is 34.1 Å². The van der Waals surface area contributed by atoms with Crippen LogP contribution in [0.4, 0.5) is 5.69 Å². The Morgan fingerprint density at radius 3 is 2.29 bits per heavy atom. The van der Waals surface area contributed by atoms with Crippen LogP contribution in [-0.4, -0.2) is 48.2 Å². The first-order valence-electron chi connectivity index (χ1n) is 16.5. The minimum absolute atomic E-state index is 0.0791. The number of fused-ring (bicyclic) bond motifs is 2. The summed E-state index contributed by atoms with van der Waals surface area (Å²) in [6, 6.07) is 34.0. The van der Waals surface area contributed by atoms with Gasteiger partial charge in [-0.2, -0.15) is 0 Å². The molecule has 0 aromatic heterocycles. The van der Waals surface area contributed by atoms with E-state index in [1.54, 1.807) is 12.0 Å². The molecule has 0 saturated carbocycles. The molecule has 0 unspecified atom stereocenters. The summed E-state index contributed by atoms with van der Waals surface area (Å²) in [6.07, 6.45) is -0.493. The number of hydrogen-bond acceptors (Lipinski definition) is 5. The van der Waals surface area contributed by atoms with Gasteiger partial charge in [0.05, 0.1) is 38.5 Å². The molecule has 7 nitrogen and oxygen atoms in total. The summed E-state index contributed by atoms with van der Waals surface area (Å²) < 4.78 is 13.7. The van der Waals surface area contributed by atoms with E-state index in [0.29, 0.717) is 13.1 Å². The molecule has 2 amide bonds. The summed E-state index contributed by atoms with van der Waals surface area (Å²) in [4.78, 5) is 32.6. The van der Waals surface area contributed by atoms with Crippen LogP contribution in [0.2, 0.25) is 0 Å². The zero-order valence-corrected chi connectivity index (χ0v) is 30.1. The molecule has 6 rings (SSSR count). The Balaban J connectivity index is 1.40. The van der Waals surface area contributed by atoms with Gasteiger partial charge in [-0.25, -0.2) is 0 Å². The fourth-order valence-corrected chi connectivity index (χ4v) is 8.27. The number of benzene rings is 4. The lowest BCUT2D eigenvalue weighted by molar-refractivity contribution is -0.150. The molecule has 0 radical (unpaired) electrons. The van der Waals surface area contributed by atoms with Crippen molar-refractivity contribution in [3.05, 3.63) is 129 Å². The maximum atomic E-state index is 14.9. The van der Waals surface area contributed by atoms with Crippen molar-refractivity contribution in [3.63, 3.8) is 0 Å². The van der Waals surface area contributed by atoms with Gasteiger partial charge >= 0.3 is 0 Å². The van der Waals surface area contributed by atoms with Crippen LogP contribution in [0.25, 0.3) is 0 Å². The number of halogens is 1. The van der Waals surface area contributed by atoms with Gasteiger partial charge in [0.1, 0.15) is 5.75 Å². The number of hydrogen-bond donors (Lipinski definition) is 1. The summed E-state index contributed by atoms with van der Waals surface area (Å²) in [6.45, 7) is 7.33. The number of aliphatic hydroxyl groups is 1. The predicted octanol–water partition coefficient (Wildman–Crippen LogP) is 7.08. The Morgan fingerprint density at radius 1 is 0.958 bits per heavy atom. The Morgan fingerprint density at radius 2 is 1.62 bits per heavy atom. The molecule has 2 aliphatic rings. The number of ether oxygens (including phenoxy) is 2. The number of para-hydroxylation sites is 1. The van der Waals surface area contributed by atoms with Gasteiger partial charge in [-0.1, -0.05) is 93.6 Å². The molecule has 1 spiro atoms. The molecule has 4 atom stereocenters. The van der Waals surface area contributed by atoms with Crippen molar-refractivity contribution in [1.82, 2.24) is 4.90 Å². The van der Waals surface area contributed by atoms with Crippen LogP contribution in [0.1, 0.15) is 49.4 Å². The van der Waals surface area contributed by atoms with Crippen LogP contribution in [0.15, 0.2) is 103 Å². The topological polar surface area (TPSA) is 79.3 Å². The van der Waals surface area contributed by atoms with Crippen LogP contribution in [0, 0.1) is 15.4 Å². The SMILES string of the molecule is COc1ccc(C(C)(C)[C@H]2[C@H](CC(=O)N(CCO)Cc3ccccc3)O[C@@]3(C(=O)N(Cc4ccc(I)cc4)c4ccccc43)[C@@H]2C)cc1. The smallest absolute Gasteiger partial charge is 0.264 e. The Labute approximate surface area is 297 Å². The second-order valence-electron chi connectivity index (χ2n) is 13.4. The van der Waals surface area contributed by atoms with Gasteiger partial charge in [0.15, 0.2) is 5.60 Å². The fraction of sp³-hybridized carbons (Fsp3) is 0.350. The van der Waals surface area contributed by atoms with Gasteiger partial charge in [0.25, 0.3) is 5.91 Å². The van der Waals surface area contributed by atoms with Crippen molar-refractivity contribution in [2.24, 2.45) is 11.8 Å². The average Bonchev–Trinajstić information content (AvgIpc) is 3.52. The molecule has 1 fully saturated rings. The molecule has 0 bridgehead atoms. The fourth-order valence-electron chi connectivity index (χ4n) is 7.91. The predicted molar refractivity (Wildman–Crippen MR) is 196 cm³/mol. The van der Waals surface area contributed by atoms with Crippen LogP contribution in [0.3, 0.4) is 0 Å². The first kappa shape index (κ1) is 34.1. The Kier molecular flexibility index (Phi) is 9.97. The first-order valence-corrected chi connectivity index (χ1v) is 17.6. The van der Waals surface area contributed by atoms with Crippen LogP contribution in [-0.2, 0) is 38.4 Å². The number of nitrogens with zero attached hydrogens (tertiary/aromatic N) is 2. The molecule has 48 heavy (non-hydrogen) atoms. The van der Waals surface area contributed by atoms with E-state index in [1.165, 1.54) is 0 Å². The third-order valence-electron chi connectivity index (χ3n) is 10.3. The van der Waals surface area contributed by atoms with Gasteiger partial charge in [-0.05, 0) is 75.0 Å². The van der Waals surface area contributed by atoms with Gasteiger partial charge in [-0.15, -0.1) is 0 Å². The molecule has 250 valence electrons. The number of anilines is 1. The monoisotopic (exact) mass is 758 g/mol. The third-order valence-corrected chi connectivity index (χ3v) is 11.0. The first-order chi connectivity index (χ1) is 23.1. The van der Waals surface area contributed by atoms with Crippen molar-refractivity contribution in [2.45, 2.75) is 57.4 Å². The van der Waals surface area contributed by atoms with Crippen molar-refractivity contribution in [3.8, 4) is 5.75 Å². The van der Waals surface area contributed by atoms with E-state index < -0.39 is 17.1 Å². The standard InChI is InChI=1S/C40H43IN2O5/c1-27-37(39(2,3)30-16-20-32(47-4)21-17-30)35(24-36(45)42(22-23-44)25-28-10-6-5-7-11-28)48-40(27)33-12-8-9-13-34(33)43(38(40)46)26-29-14-18-31(41)19-15-29/h5-21,27,35,37,44H,22-26H2,1-4H3/t27-,35+,37-,40+/m1/s1. The van der Waals surface area contributed by atoms with Crippen molar-refractivity contribution >= 4 is 40.1 Å². The van der Waals surface area contributed by atoms with Gasteiger partial charge in [-0.3, -0.25) is 9.59 Å². The Bertz CT molecular complexity index is 1740. The van der Waals surface area contributed by atoms with Crippen molar-refractivity contribution < 1.29 is 24.2 Å². The molecular weight excluding hydrogens is 715 g/mol. The summed E-state index contributed by atoms with van der Waals surface area (Å²) in [5.41, 5.74) is 3.02. The van der Waals surface area contributed by atoms with Crippen molar-refractivity contribution in [1.29, 1.82) is 0 Å². The quantitative estimate of drug-likeness (QED) is 0.166. The lowest BCUT2D eigenvalue weighted by Gasteiger charge is -2.39. The van der Waals surface area contributed by atoms with Crippen LogP contribution >= 0.6 is 22.6 Å². The highest BCUT2D eigenvalue weighted by Gasteiger charge is 2.66. The van der Waals surface area contributed by atoms with E-state index in [0.717, 1.165) is 37.3 Å². The summed E-state index contributed by atoms with van der Waals surface area (Å²) in [7, 11) is 1.65. The highest BCUT2D eigenvalue weighted by Crippen LogP contribution is 2.60. The molecule has 0 aliphatic carbocycles. The molecular formula is C40H43IN2O5. The van der Waals surface area contributed by atoms with E-state index in [4.69, 9.17) is 9.47 Å². The highest BCUT2D eigenvalue weighted by molar-refractivity contribution is 14.1.